The second kappa shape index (κ2) is 3.37. The van der Waals surface area contributed by atoms with Crippen LogP contribution in [0, 0.1) is 11.3 Å². The Balaban J connectivity index is 2.57. The molecule has 1 heterocycles. The molecule has 0 radical (unpaired) electrons. The van der Waals surface area contributed by atoms with Crippen molar-refractivity contribution in [3.63, 3.8) is 0 Å². The lowest BCUT2D eigenvalue weighted by molar-refractivity contribution is -0.136. The molecule has 1 aliphatic heterocycles. The van der Waals surface area contributed by atoms with E-state index >= 15 is 0 Å². The van der Waals surface area contributed by atoms with Gasteiger partial charge in [-0.2, -0.15) is 5.26 Å². The van der Waals surface area contributed by atoms with Gasteiger partial charge in [-0.25, -0.2) is 0 Å². The summed E-state index contributed by atoms with van der Waals surface area (Å²) in [6, 6.07) is 9.24. The average molecular weight is 202 g/mol. The molecule has 0 aliphatic carbocycles. The van der Waals surface area contributed by atoms with Crippen LogP contribution in [0.3, 0.4) is 0 Å². The second-order valence-electron chi connectivity index (χ2n) is 3.37. The van der Waals surface area contributed by atoms with Crippen molar-refractivity contribution in [3.05, 3.63) is 29.8 Å². The summed E-state index contributed by atoms with van der Waals surface area (Å²) in [4.78, 5) is 11.8. The highest BCUT2D eigenvalue weighted by molar-refractivity contribution is 6.05. The number of hydrogen-bond donors (Lipinski definition) is 1. The molecule has 0 bridgehead atoms. The van der Waals surface area contributed by atoms with Crippen molar-refractivity contribution in [3.8, 4) is 6.07 Å². The van der Waals surface area contributed by atoms with Crippen LogP contribution in [-0.2, 0) is 15.1 Å². The van der Waals surface area contributed by atoms with Gasteiger partial charge in [-0.05, 0) is 6.07 Å². The Hall–Kier alpha value is -1.86. The summed E-state index contributed by atoms with van der Waals surface area (Å²) >= 11 is 0. The molecule has 15 heavy (non-hydrogen) atoms. The van der Waals surface area contributed by atoms with Gasteiger partial charge in [0.15, 0.2) is 5.60 Å². The van der Waals surface area contributed by atoms with E-state index in [9.17, 15) is 4.79 Å². The molecule has 1 N–H and O–H groups in total. The average Bonchev–Trinajstić information content (AvgIpc) is 2.53. The molecule has 1 aromatic rings. The number of para-hydroxylation sites is 1. The third kappa shape index (κ3) is 1.21. The van der Waals surface area contributed by atoms with Gasteiger partial charge < -0.3 is 10.1 Å². The van der Waals surface area contributed by atoms with Crippen molar-refractivity contribution in [2.24, 2.45) is 0 Å². The molecule has 0 fully saturated rings. The number of benzene rings is 1. The summed E-state index contributed by atoms with van der Waals surface area (Å²) in [5.74, 6) is -0.271. The first kappa shape index (κ1) is 9.69. The van der Waals surface area contributed by atoms with E-state index < -0.39 is 5.60 Å². The maximum Gasteiger partial charge on any atom is 0.262 e. The van der Waals surface area contributed by atoms with Gasteiger partial charge in [0, 0.05) is 18.4 Å². The third-order valence-corrected chi connectivity index (χ3v) is 2.65. The van der Waals surface area contributed by atoms with E-state index in [-0.39, 0.29) is 12.3 Å². The summed E-state index contributed by atoms with van der Waals surface area (Å²) in [7, 11) is 1.44. The first-order valence-electron chi connectivity index (χ1n) is 4.57. The van der Waals surface area contributed by atoms with E-state index in [1.54, 1.807) is 12.1 Å². The predicted octanol–water partition coefficient (Wildman–Crippen LogP) is 1.39. The van der Waals surface area contributed by atoms with Crippen molar-refractivity contribution in [2.75, 3.05) is 12.4 Å². The lowest BCUT2D eigenvalue weighted by Crippen LogP contribution is -2.35. The van der Waals surface area contributed by atoms with Gasteiger partial charge in [-0.1, -0.05) is 18.2 Å². The number of ether oxygens (including phenoxy) is 1. The van der Waals surface area contributed by atoms with Gasteiger partial charge in [0.1, 0.15) is 0 Å². The minimum Gasteiger partial charge on any atom is -0.362 e. The number of rotatable bonds is 2. The van der Waals surface area contributed by atoms with Crippen molar-refractivity contribution >= 4 is 11.6 Å². The van der Waals surface area contributed by atoms with Gasteiger partial charge in [0.05, 0.1) is 12.5 Å². The highest BCUT2D eigenvalue weighted by Gasteiger charge is 2.47. The molecule has 0 unspecified atom stereocenters. The molecule has 0 spiro atoms. The van der Waals surface area contributed by atoms with Gasteiger partial charge in [-0.3, -0.25) is 4.79 Å². The molecule has 76 valence electrons. The van der Waals surface area contributed by atoms with Crippen LogP contribution in [0.2, 0.25) is 0 Å². The Labute approximate surface area is 87.5 Å². The maximum absolute atomic E-state index is 11.8. The fraction of sp³-hybridized carbons (Fsp3) is 0.273. The Kier molecular flexibility index (Phi) is 2.18. The zero-order valence-electron chi connectivity index (χ0n) is 8.28. The fourth-order valence-electron chi connectivity index (χ4n) is 1.85. The minimum atomic E-state index is -1.13. The van der Waals surface area contributed by atoms with Crippen LogP contribution in [0.15, 0.2) is 24.3 Å². The van der Waals surface area contributed by atoms with Crippen molar-refractivity contribution in [1.82, 2.24) is 0 Å². The first-order valence-corrected chi connectivity index (χ1v) is 4.57. The number of hydrogen-bond acceptors (Lipinski definition) is 3. The van der Waals surface area contributed by atoms with Crippen molar-refractivity contribution in [1.29, 1.82) is 5.26 Å². The van der Waals surface area contributed by atoms with Crippen LogP contribution in [0.4, 0.5) is 5.69 Å². The summed E-state index contributed by atoms with van der Waals surface area (Å²) in [5.41, 5.74) is 0.323. The fourth-order valence-corrected chi connectivity index (χ4v) is 1.85. The molecular formula is C11H10N2O2. The van der Waals surface area contributed by atoms with Gasteiger partial charge in [0.25, 0.3) is 5.91 Å². The molecule has 0 aromatic heterocycles. The molecular weight excluding hydrogens is 192 g/mol. The van der Waals surface area contributed by atoms with E-state index in [1.807, 2.05) is 18.2 Å². The van der Waals surface area contributed by atoms with Gasteiger partial charge >= 0.3 is 0 Å². The van der Waals surface area contributed by atoms with Crippen molar-refractivity contribution in [2.45, 2.75) is 12.0 Å². The second-order valence-corrected chi connectivity index (χ2v) is 3.37. The lowest BCUT2D eigenvalue weighted by Gasteiger charge is -2.22. The van der Waals surface area contributed by atoms with Crippen LogP contribution < -0.4 is 5.32 Å². The zero-order valence-corrected chi connectivity index (χ0v) is 8.28. The summed E-state index contributed by atoms with van der Waals surface area (Å²) in [6.45, 7) is 0. The zero-order chi connectivity index (χ0) is 10.9. The summed E-state index contributed by atoms with van der Waals surface area (Å²) < 4.78 is 5.24. The molecule has 2 rings (SSSR count). The Morgan fingerprint density at radius 3 is 2.93 bits per heavy atom. The smallest absolute Gasteiger partial charge is 0.262 e. The number of amides is 1. The monoisotopic (exact) mass is 202 g/mol. The molecule has 1 atom stereocenters. The number of carbonyl (C=O) groups is 1. The Bertz CT molecular complexity index is 450. The van der Waals surface area contributed by atoms with E-state index in [0.29, 0.717) is 0 Å². The number of nitrogens with zero attached hydrogens (tertiary/aromatic N) is 1. The normalized spacial score (nSPS) is 23.1. The van der Waals surface area contributed by atoms with E-state index in [1.165, 1.54) is 7.11 Å². The third-order valence-electron chi connectivity index (χ3n) is 2.65. The van der Waals surface area contributed by atoms with Crippen LogP contribution in [0.1, 0.15) is 12.0 Å². The minimum absolute atomic E-state index is 0.0202. The molecule has 1 aromatic carbocycles. The molecule has 1 aliphatic rings. The lowest BCUT2D eigenvalue weighted by atomic mass is 9.92. The number of methoxy groups -OCH3 is 1. The van der Waals surface area contributed by atoms with E-state index in [2.05, 4.69) is 5.32 Å². The van der Waals surface area contributed by atoms with Crippen LogP contribution in [0.25, 0.3) is 0 Å². The maximum atomic E-state index is 11.8. The number of carbonyl (C=O) groups excluding carboxylic acids is 1. The van der Waals surface area contributed by atoms with Crippen LogP contribution >= 0.6 is 0 Å². The summed E-state index contributed by atoms with van der Waals surface area (Å²) in [6.07, 6.45) is 0.0202. The molecule has 1 amide bonds. The van der Waals surface area contributed by atoms with E-state index in [0.717, 1.165) is 11.3 Å². The molecule has 0 saturated carbocycles. The summed E-state index contributed by atoms with van der Waals surface area (Å²) in [5, 5.41) is 11.5. The number of fused-ring (bicyclic) bond motifs is 1. The standard InChI is InChI=1S/C11H10N2O2/c1-15-11(6-7-12)8-4-2-3-5-9(8)13-10(11)14/h2-5H,6H2,1H3,(H,13,14)/t11-/m1/s1. The van der Waals surface area contributed by atoms with E-state index in [4.69, 9.17) is 10.00 Å². The Morgan fingerprint density at radius 2 is 2.27 bits per heavy atom. The topological polar surface area (TPSA) is 62.1 Å². The van der Waals surface area contributed by atoms with Gasteiger partial charge in [0.2, 0.25) is 0 Å². The number of nitriles is 1. The van der Waals surface area contributed by atoms with Crippen molar-refractivity contribution < 1.29 is 9.53 Å². The molecule has 4 nitrogen and oxygen atoms in total. The SMILES string of the molecule is CO[C@@]1(CC#N)C(=O)Nc2ccccc21. The predicted molar refractivity (Wildman–Crippen MR) is 54.0 cm³/mol. The molecule has 0 saturated heterocycles. The highest BCUT2D eigenvalue weighted by atomic mass is 16.5. The highest BCUT2D eigenvalue weighted by Crippen LogP contribution is 2.40. The number of anilines is 1. The first-order chi connectivity index (χ1) is 7.24. The number of nitrogens with one attached hydrogen (secondary N) is 1. The quantitative estimate of drug-likeness (QED) is 0.788. The molecule has 4 heteroatoms. The van der Waals surface area contributed by atoms with Crippen LogP contribution in [-0.4, -0.2) is 13.0 Å². The largest absolute Gasteiger partial charge is 0.362 e. The van der Waals surface area contributed by atoms with Crippen LogP contribution in [0.5, 0.6) is 0 Å². The Morgan fingerprint density at radius 1 is 1.53 bits per heavy atom. The van der Waals surface area contributed by atoms with Gasteiger partial charge in [-0.15, -0.1) is 0 Å².